The monoisotopic (exact) mass is 360 g/mol. The van der Waals surface area contributed by atoms with Crippen molar-refractivity contribution in [1.82, 2.24) is 19.7 Å². The molecule has 0 amide bonds. The fourth-order valence-corrected chi connectivity index (χ4v) is 3.05. The van der Waals surface area contributed by atoms with Crippen LogP contribution in [-0.2, 0) is 11.8 Å². The Kier molecular flexibility index (Phi) is 4.25. The lowest BCUT2D eigenvalue weighted by Gasteiger charge is -2.10. The molecule has 2 aromatic carbocycles. The predicted octanol–water partition coefficient (Wildman–Crippen LogP) is 3.24. The summed E-state index contributed by atoms with van der Waals surface area (Å²) < 4.78 is 12.1. The summed E-state index contributed by atoms with van der Waals surface area (Å²) >= 11 is 0. The average molecular weight is 360 g/mol. The highest BCUT2D eigenvalue weighted by molar-refractivity contribution is 5.97. The lowest BCUT2D eigenvalue weighted by molar-refractivity contribution is -0.120. The van der Waals surface area contributed by atoms with Crippen LogP contribution in [0.2, 0.25) is 0 Å². The molecule has 0 aliphatic carbocycles. The van der Waals surface area contributed by atoms with E-state index in [1.807, 2.05) is 43.6 Å². The van der Waals surface area contributed by atoms with E-state index >= 15 is 0 Å². The Labute approximate surface area is 155 Å². The zero-order chi connectivity index (χ0) is 18.8. The van der Waals surface area contributed by atoms with Crippen LogP contribution in [0, 0.1) is 0 Å². The maximum atomic E-state index is 10.9. The van der Waals surface area contributed by atoms with Gasteiger partial charge in [-0.1, -0.05) is 30.3 Å². The van der Waals surface area contributed by atoms with Crippen LogP contribution in [0.4, 0.5) is 0 Å². The first-order chi connectivity index (χ1) is 13.2. The average Bonchev–Trinajstić information content (AvgIpc) is 3.09. The lowest BCUT2D eigenvalue weighted by Crippen LogP contribution is -1.96. The van der Waals surface area contributed by atoms with Crippen molar-refractivity contribution >= 4 is 17.4 Å². The number of benzene rings is 2. The number of ether oxygens (including phenoxy) is 2. The number of methoxy groups -OCH3 is 1. The molecule has 0 N–H and O–H groups in total. The van der Waals surface area contributed by atoms with Crippen LogP contribution in [0.5, 0.6) is 11.5 Å². The number of hydrogen-bond donors (Lipinski definition) is 0. The van der Waals surface area contributed by atoms with Crippen LogP contribution in [0.1, 0.15) is 0 Å². The summed E-state index contributed by atoms with van der Waals surface area (Å²) in [7, 11) is 3.37. The van der Waals surface area contributed by atoms with Crippen LogP contribution < -0.4 is 9.47 Å². The summed E-state index contributed by atoms with van der Waals surface area (Å²) in [5.74, 6) is 0.731. The fourth-order valence-electron chi connectivity index (χ4n) is 3.05. The third kappa shape index (κ3) is 2.99. The van der Waals surface area contributed by atoms with Gasteiger partial charge in [-0.3, -0.25) is 9.48 Å². The highest BCUT2D eigenvalue weighted by atomic mass is 16.5. The Morgan fingerprint density at radius 2 is 1.85 bits per heavy atom. The molecule has 2 aromatic heterocycles. The molecule has 134 valence electrons. The molecule has 0 spiro atoms. The summed E-state index contributed by atoms with van der Waals surface area (Å²) in [5, 5.41) is 5.34. The molecule has 0 bridgehead atoms. The zero-order valence-electron chi connectivity index (χ0n) is 14.8. The maximum Gasteiger partial charge on any atom is 0.298 e. The third-order valence-corrected chi connectivity index (χ3v) is 4.23. The number of aromatic nitrogens is 4. The predicted molar refractivity (Wildman–Crippen MR) is 100 cm³/mol. The molecule has 0 aliphatic rings. The summed E-state index contributed by atoms with van der Waals surface area (Å²) in [6, 6.07) is 13.3. The first-order valence-corrected chi connectivity index (χ1v) is 8.23. The quantitative estimate of drug-likeness (QED) is 0.508. The van der Waals surface area contributed by atoms with E-state index in [4.69, 9.17) is 9.47 Å². The first kappa shape index (κ1) is 16.7. The summed E-state index contributed by atoms with van der Waals surface area (Å²) in [6.07, 6.45) is 3.41. The lowest BCUT2D eigenvalue weighted by atomic mass is 10.0. The normalized spacial score (nSPS) is 10.7. The maximum absolute atomic E-state index is 10.9. The van der Waals surface area contributed by atoms with E-state index in [2.05, 4.69) is 15.1 Å². The van der Waals surface area contributed by atoms with Gasteiger partial charge in [-0.2, -0.15) is 5.10 Å². The minimum atomic E-state index is 0.307. The number of rotatable bonds is 5. The first-order valence-electron chi connectivity index (χ1n) is 8.23. The Balaban J connectivity index is 1.98. The molecule has 7 heteroatoms. The van der Waals surface area contributed by atoms with E-state index < -0.39 is 0 Å². The highest BCUT2D eigenvalue weighted by Crippen LogP contribution is 2.37. The van der Waals surface area contributed by atoms with E-state index in [0.29, 0.717) is 29.2 Å². The second-order valence-electron chi connectivity index (χ2n) is 5.89. The molecule has 7 nitrogen and oxygen atoms in total. The molecular weight excluding hydrogens is 344 g/mol. The standard InChI is InChI=1S/C20H16N4O3/c1-24-10-15(19(23-24)13-6-4-3-5-7-13)20-14-8-18(27-12-25)17(26-2)9-16(14)21-11-22-20/h3-12H,1-2H3. The van der Waals surface area contributed by atoms with Crippen molar-refractivity contribution in [3.8, 4) is 34.0 Å². The molecule has 27 heavy (non-hydrogen) atoms. The van der Waals surface area contributed by atoms with Crippen molar-refractivity contribution in [3.63, 3.8) is 0 Å². The van der Waals surface area contributed by atoms with Crippen molar-refractivity contribution in [3.05, 3.63) is 55.0 Å². The van der Waals surface area contributed by atoms with E-state index in [-0.39, 0.29) is 0 Å². The number of nitrogens with zero attached hydrogens (tertiary/aromatic N) is 4. The molecule has 0 unspecified atom stereocenters. The minimum absolute atomic E-state index is 0.307. The van der Waals surface area contributed by atoms with Gasteiger partial charge in [0, 0.05) is 35.8 Å². The van der Waals surface area contributed by atoms with Crippen molar-refractivity contribution in [2.45, 2.75) is 0 Å². The summed E-state index contributed by atoms with van der Waals surface area (Å²) in [6.45, 7) is 0.368. The molecule has 2 heterocycles. The Morgan fingerprint density at radius 1 is 1.04 bits per heavy atom. The smallest absolute Gasteiger partial charge is 0.298 e. The van der Waals surface area contributed by atoms with Gasteiger partial charge in [-0.25, -0.2) is 9.97 Å². The summed E-state index contributed by atoms with van der Waals surface area (Å²) in [4.78, 5) is 19.7. The van der Waals surface area contributed by atoms with Crippen LogP contribution in [-0.4, -0.2) is 33.3 Å². The molecular formula is C20H16N4O3. The van der Waals surface area contributed by atoms with Gasteiger partial charge < -0.3 is 9.47 Å². The van der Waals surface area contributed by atoms with Crippen molar-refractivity contribution in [2.75, 3.05) is 7.11 Å². The second-order valence-corrected chi connectivity index (χ2v) is 5.89. The van der Waals surface area contributed by atoms with Crippen LogP contribution in [0.15, 0.2) is 55.0 Å². The van der Waals surface area contributed by atoms with Gasteiger partial charge in [0.25, 0.3) is 6.47 Å². The van der Waals surface area contributed by atoms with Crippen LogP contribution in [0.3, 0.4) is 0 Å². The number of hydrogen-bond acceptors (Lipinski definition) is 6. The number of fused-ring (bicyclic) bond motifs is 1. The van der Waals surface area contributed by atoms with Crippen LogP contribution in [0.25, 0.3) is 33.4 Å². The van der Waals surface area contributed by atoms with E-state index in [1.165, 1.54) is 13.4 Å². The Bertz CT molecular complexity index is 1120. The van der Waals surface area contributed by atoms with Gasteiger partial charge in [-0.05, 0) is 6.07 Å². The molecule has 4 aromatic rings. The van der Waals surface area contributed by atoms with Gasteiger partial charge in [-0.15, -0.1) is 0 Å². The van der Waals surface area contributed by atoms with Gasteiger partial charge in [0.1, 0.15) is 12.0 Å². The highest BCUT2D eigenvalue weighted by Gasteiger charge is 2.18. The number of carbonyl (C=O) groups is 1. The van der Waals surface area contributed by atoms with Crippen molar-refractivity contribution in [1.29, 1.82) is 0 Å². The zero-order valence-corrected chi connectivity index (χ0v) is 14.8. The molecule has 4 rings (SSSR count). The third-order valence-electron chi connectivity index (χ3n) is 4.23. The minimum Gasteiger partial charge on any atom is -0.493 e. The topological polar surface area (TPSA) is 79.1 Å². The molecule has 0 saturated carbocycles. The largest absolute Gasteiger partial charge is 0.493 e. The van der Waals surface area contributed by atoms with E-state index in [1.54, 1.807) is 16.8 Å². The van der Waals surface area contributed by atoms with E-state index in [0.717, 1.165) is 22.2 Å². The fraction of sp³-hybridized carbons (Fsp3) is 0.100. The molecule has 0 atom stereocenters. The van der Waals surface area contributed by atoms with Gasteiger partial charge in [0.2, 0.25) is 0 Å². The molecule has 0 aliphatic heterocycles. The van der Waals surface area contributed by atoms with Crippen molar-refractivity contribution < 1.29 is 14.3 Å². The number of carbonyl (C=O) groups excluding carboxylic acids is 1. The second kappa shape index (κ2) is 6.87. The molecule has 0 radical (unpaired) electrons. The van der Waals surface area contributed by atoms with Crippen molar-refractivity contribution in [2.24, 2.45) is 7.05 Å². The van der Waals surface area contributed by atoms with Gasteiger partial charge in [0.05, 0.1) is 18.3 Å². The molecule has 0 fully saturated rings. The Morgan fingerprint density at radius 3 is 2.59 bits per heavy atom. The number of aryl methyl sites for hydroxylation is 1. The van der Waals surface area contributed by atoms with Gasteiger partial charge in [0.15, 0.2) is 11.5 Å². The summed E-state index contributed by atoms with van der Waals surface area (Å²) in [5.41, 5.74) is 4.03. The van der Waals surface area contributed by atoms with E-state index in [9.17, 15) is 4.79 Å². The van der Waals surface area contributed by atoms with Gasteiger partial charge >= 0.3 is 0 Å². The van der Waals surface area contributed by atoms with Crippen LogP contribution >= 0.6 is 0 Å². The SMILES string of the molecule is COc1cc2ncnc(-c3cn(C)nc3-c3ccccc3)c2cc1OC=O. The Hall–Kier alpha value is -3.74. The molecule has 0 saturated heterocycles.